The average molecular weight is 312 g/mol. The van der Waals surface area contributed by atoms with Crippen LogP contribution in [0.1, 0.15) is 57.3 Å². The lowest BCUT2D eigenvalue weighted by Crippen LogP contribution is -2.53. The predicted octanol–water partition coefficient (Wildman–Crippen LogP) is 4.03. The average Bonchev–Trinajstić information content (AvgIpc) is 2.92. The van der Waals surface area contributed by atoms with Crippen molar-refractivity contribution in [2.24, 2.45) is 5.41 Å². The second-order valence-corrected chi connectivity index (χ2v) is 8.01. The minimum absolute atomic E-state index is 0.0140. The highest BCUT2D eigenvalue weighted by Gasteiger charge is 2.49. The third-order valence-corrected chi connectivity index (χ3v) is 6.71. The minimum Gasteiger partial charge on any atom is -0.390 e. The summed E-state index contributed by atoms with van der Waals surface area (Å²) in [5, 5.41) is 12.2. The molecule has 124 valence electrons. The van der Waals surface area contributed by atoms with E-state index < -0.39 is 5.60 Å². The molecule has 2 aliphatic heterocycles. The summed E-state index contributed by atoms with van der Waals surface area (Å²) in [6.07, 6.45) is 4.32. The van der Waals surface area contributed by atoms with Gasteiger partial charge in [-0.3, -0.25) is 4.90 Å². The Kier molecular flexibility index (Phi) is 3.37. The van der Waals surface area contributed by atoms with Gasteiger partial charge < -0.3 is 10.1 Å². The van der Waals surface area contributed by atoms with Crippen molar-refractivity contribution < 1.29 is 5.11 Å². The van der Waals surface area contributed by atoms with Gasteiger partial charge in [0.25, 0.3) is 0 Å². The second-order valence-electron chi connectivity index (χ2n) is 8.01. The topological polar surface area (TPSA) is 39.3 Å². The van der Waals surface area contributed by atoms with Crippen LogP contribution in [0.5, 0.6) is 0 Å². The first-order valence-electron chi connectivity index (χ1n) is 9.01. The first kappa shape index (κ1) is 15.2. The molecule has 1 aromatic heterocycles. The monoisotopic (exact) mass is 312 g/mol. The van der Waals surface area contributed by atoms with Gasteiger partial charge in [-0.05, 0) is 57.7 Å². The molecule has 4 rings (SSSR count). The Labute approximate surface area is 138 Å². The van der Waals surface area contributed by atoms with Gasteiger partial charge in [-0.2, -0.15) is 0 Å². The molecular weight excluding hydrogens is 284 g/mol. The van der Waals surface area contributed by atoms with Crippen LogP contribution in [-0.2, 0) is 6.42 Å². The van der Waals surface area contributed by atoms with Crippen molar-refractivity contribution in [1.82, 2.24) is 9.88 Å². The lowest BCUT2D eigenvalue weighted by Gasteiger charge is -2.53. The molecule has 2 atom stereocenters. The normalized spacial score (nSPS) is 28.6. The van der Waals surface area contributed by atoms with Crippen molar-refractivity contribution in [1.29, 1.82) is 0 Å². The van der Waals surface area contributed by atoms with Crippen molar-refractivity contribution in [2.45, 2.75) is 58.1 Å². The molecule has 3 heteroatoms. The molecule has 2 aliphatic rings. The van der Waals surface area contributed by atoms with Crippen LogP contribution < -0.4 is 0 Å². The molecule has 0 radical (unpaired) electrons. The summed E-state index contributed by atoms with van der Waals surface area (Å²) >= 11 is 0. The Morgan fingerprint density at radius 3 is 2.83 bits per heavy atom. The van der Waals surface area contributed by atoms with E-state index >= 15 is 0 Å². The van der Waals surface area contributed by atoms with E-state index in [1.54, 1.807) is 0 Å². The number of aliphatic hydroxyl groups is 1. The number of fused-ring (bicyclic) bond motifs is 5. The van der Waals surface area contributed by atoms with Gasteiger partial charge in [0.15, 0.2) is 0 Å². The second kappa shape index (κ2) is 5.09. The first-order valence-corrected chi connectivity index (χ1v) is 9.01. The van der Waals surface area contributed by atoms with Gasteiger partial charge >= 0.3 is 0 Å². The van der Waals surface area contributed by atoms with E-state index in [1.165, 1.54) is 22.2 Å². The van der Waals surface area contributed by atoms with Crippen LogP contribution in [0.15, 0.2) is 24.3 Å². The van der Waals surface area contributed by atoms with Crippen LogP contribution in [-0.4, -0.2) is 33.7 Å². The highest BCUT2D eigenvalue weighted by atomic mass is 16.3. The zero-order chi connectivity index (χ0) is 16.2. The Morgan fingerprint density at radius 2 is 2.09 bits per heavy atom. The Balaban J connectivity index is 1.79. The van der Waals surface area contributed by atoms with Gasteiger partial charge in [0, 0.05) is 28.6 Å². The summed E-state index contributed by atoms with van der Waals surface area (Å²) in [4.78, 5) is 6.33. The van der Waals surface area contributed by atoms with Gasteiger partial charge in [-0.15, -0.1) is 0 Å². The van der Waals surface area contributed by atoms with Crippen molar-refractivity contribution in [3.63, 3.8) is 0 Å². The highest BCUT2D eigenvalue weighted by Crippen LogP contribution is 2.52. The van der Waals surface area contributed by atoms with E-state index in [0.717, 1.165) is 38.8 Å². The molecule has 0 aliphatic carbocycles. The number of piperidine rings is 1. The third kappa shape index (κ3) is 2.17. The zero-order valence-corrected chi connectivity index (χ0v) is 14.5. The highest BCUT2D eigenvalue weighted by molar-refractivity contribution is 5.85. The van der Waals surface area contributed by atoms with Gasteiger partial charge in [0.2, 0.25) is 0 Å². The van der Waals surface area contributed by atoms with E-state index in [1.807, 2.05) is 13.8 Å². The van der Waals surface area contributed by atoms with Crippen LogP contribution in [0.4, 0.5) is 0 Å². The summed E-state index contributed by atoms with van der Waals surface area (Å²) < 4.78 is 0. The van der Waals surface area contributed by atoms with Crippen LogP contribution in [0.25, 0.3) is 10.9 Å². The van der Waals surface area contributed by atoms with E-state index in [-0.39, 0.29) is 5.41 Å². The smallest absolute Gasteiger partial charge is 0.0648 e. The van der Waals surface area contributed by atoms with Crippen LogP contribution in [0.3, 0.4) is 0 Å². The molecule has 1 fully saturated rings. The Morgan fingerprint density at radius 1 is 1.30 bits per heavy atom. The predicted molar refractivity (Wildman–Crippen MR) is 94.6 cm³/mol. The molecule has 2 N–H and O–H groups in total. The Bertz CT molecular complexity index is 727. The number of H-pyrrole nitrogens is 1. The van der Waals surface area contributed by atoms with E-state index in [4.69, 9.17) is 0 Å². The van der Waals surface area contributed by atoms with Crippen LogP contribution in [0, 0.1) is 5.41 Å². The number of nitrogens with zero attached hydrogens (tertiary/aromatic N) is 1. The molecule has 1 aromatic carbocycles. The van der Waals surface area contributed by atoms with Crippen molar-refractivity contribution in [3.05, 3.63) is 35.5 Å². The molecule has 3 heterocycles. The molecular formula is C20H28N2O. The number of hydrogen-bond donors (Lipinski definition) is 2. The van der Waals surface area contributed by atoms with E-state index in [9.17, 15) is 5.11 Å². The first-order chi connectivity index (χ1) is 11.0. The molecule has 1 saturated heterocycles. The number of aromatic amines is 1. The molecule has 3 nitrogen and oxygen atoms in total. The lowest BCUT2D eigenvalue weighted by molar-refractivity contribution is -0.108. The maximum Gasteiger partial charge on any atom is 0.0648 e. The summed E-state index contributed by atoms with van der Waals surface area (Å²) in [6, 6.07) is 9.09. The van der Waals surface area contributed by atoms with E-state index in [2.05, 4.69) is 41.1 Å². The molecule has 0 saturated carbocycles. The zero-order valence-electron chi connectivity index (χ0n) is 14.5. The molecule has 0 spiro atoms. The minimum atomic E-state index is -0.628. The molecule has 0 amide bonds. The van der Waals surface area contributed by atoms with Crippen molar-refractivity contribution in [2.75, 3.05) is 13.1 Å². The fourth-order valence-corrected chi connectivity index (χ4v) is 5.01. The number of rotatable bonds is 2. The van der Waals surface area contributed by atoms with Crippen LogP contribution in [0.2, 0.25) is 0 Å². The number of benzene rings is 1. The van der Waals surface area contributed by atoms with E-state index in [0.29, 0.717) is 6.04 Å². The summed E-state index contributed by atoms with van der Waals surface area (Å²) in [5.74, 6) is 0. The lowest BCUT2D eigenvalue weighted by atomic mass is 9.63. The molecule has 0 bridgehead atoms. The SMILES string of the molecule is CCC1(C(C)(C)O)CCN2CCc3c([nH]c4ccccc34)[C@@H]2C1. The summed E-state index contributed by atoms with van der Waals surface area (Å²) in [6.45, 7) is 8.48. The van der Waals surface area contributed by atoms with Gasteiger partial charge in [0.1, 0.15) is 0 Å². The third-order valence-electron chi connectivity index (χ3n) is 6.71. The number of aromatic nitrogens is 1. The number of nitrogens with one attached hydrogen (secondary N) is 1. The molecule has 23 heavy (non-hydrogen) atoms. The van der Waals surface area contributed by atoms with Gasteiger partial charge in [0.05, 0.1) is 11.6 Å². The van der Waals surface area contributed by atoms with Crippen LogP contribution >= 0.6 is 0 Å². The van der Waals surface area contributed by atoms with Gasteiger partial charge in [-0.25, -0.2) is 0 Å². The molecule has 1 unspecified atom stereocenters. The van der Waals surface area contributed by atoms with Crippen molar-refractivity contribution in [3.8, 4) is 0 Å². The Hall–Kier alpha value is -1.32. The quantitative estimate of drug-likeness (QED) is 0.879. The summed E-state index contributed by atoms with van der Waals surface area (Å²) in [5.41, 5.74) is 3.55. The largest absolute Gasteiger partial charge is 0.390 e. The maximum absolute atomic E-state index is 10.8. The number of hydrogen-bond acceptors (Lipinski definition) is 2. The maximum atomic E-state index is 10.8. The number of para-hydroxylation sites is 1. The van der Waals surface area contributed by atoms with Gasteiger partial charge in [-0.1, -0.05) is 25.1 Å². The van der Waals surface area contributed by atoms with Crippen molar-refractivity contribution >= 4 is 10.9 Å². The fourth-order valence-electron chi connectivity index (χ4n) is 5.01. The summed E-state index contributed by atoms with van der Waals surface area (Å²) in [7, 11) is 0. The molecule has 2 aromatic rings. The fraction of sp³-hybridized carbons (Fsp3) is 0.600. The standard InChI is InChI=1S/C20H28N2O/c1-4-20(19(2,3)23)10-12-22-11-9-15-14-7-5-6-8-16(14)21-18(15)17(22)13-20/h5-8,17,21,23H,4,9-13H2,1-3H3/t17-,20?/m0/s1.